The SMILES string of the molecule is Cc1ccc(C(C)C)c(OCC(=O)OCC(=O)NCC(=O)N(C)C)c1. The number of hydrogen-bond acceptors (Lipinski definition) is 5. The molecule has 2 amide bonds. The third-order valence-corrected chi connectivity index (χ3v) is 3.44. The van der Waals surface area contributed by atoms with Crippen molar-refractivity contribution in [3.63, 3.8) is 0 Å². The number of aryl methyl sites for hydroxylation is 1. The van der Waals surface area contributed by atoms with Gasteiger partial charge in [-0.3, -0.25) is 9.59 Å². The maximum atomic E-state index is 11.7. The van der Waals surface area contributed by atoms with E-state index in [0.29, 0.717) is 5.75 Å². The lowest BCUT2D eigenvalue weighted by Gasteiger charge is -2.14. The summed E-state index contributed by atoms with van der Waals surface area (Å²) in [5.74, 6) is -0.546. The standard InChI is InChI=1S/C18H26N2O5/c1-12(2)14-7-6-13(3)8-15(14)24-11-18(23)25-10-16(21)19-9-17(22)20(4)5/h6-8,12H,9-11H2,1-5H3,(H,19,21). The number of carbonyl (C=O) groups excluding carboxylic acids is 3. The van der Waals surface area contributed by atoms with Crippen LogP contribution in [0.3, 0.4) is 0 Å². The fourth-order valence-corrected chi connectivity index (χ4v) is 1.95. The lowest BCUT2D eigenvalue weighted by molar-refractivity contribution is -0.150. The smallest absolute Gasteiger partial charge is 0.344 e. The first-order valence-corrected chi connectivity index (χ1v) is 8.06. The van der Waals surface area contributed by atoms with Gasteiger partial charge >= 0.3 is 5.97 Å². The van der Waals surface area contributed by atoms with Crippen molar-refractivity contribution >= 4 is 17.8 Å². The Morgan fingerprint density at radius 3 is 2.44 bits per heavy atom. The molecule has 1 aromatic carbocycles. The lowest BCUT2D eigenvalue weighted by Crippen LogP contribution is -2.38. The quantitative estimate of drug-likeness (QED) is 0.713. The van der Waals surface area contributed by atoms with E-state index in [2.05, 4.69) is 5.32 Å². The van der Waals surface area contributed by atoms with Crippen LogP contribution in [-0.4, -0.2) is 56.5 Å². The van der Waals surface area contributed by atoms with E-state index in [4.69, 9.17) is 9.47 Å². The van der Waals surface area contributed by atoms with Crippen molar-refractivity contribution in [1.29, 1.82) is 0 Å². The third kappa shape index (κ3) is 7.24. The molecule has 138 valence electrons. The fourth-order valence-electron chi connectivity index (χ4n) is 1.95. The van der Waals surface area contributed by atoms with Gasteiger partial charge in [0.2, 0.25) is 5.91 Å². The molecule has 1 rings (SSSR count). The monoisotopic (exact) mass is 350 g/mol. The average molecular weight is 350 g/mol. The molecule has 0 fully saturated rings. The van der Waals surface area contributed by atoms with Crippen molar-refractivity contribution in [2.45, 2.75) is 26.7 Å². The molecule has 25 heavy (non-hydrogen) atoms. The van der Waals surface area contributed by atoms with E-state index in [1.165, 1.54) is 4.90 Å². The topological polar surface area (TPSA) is 84.9 Å². The van der Waals surface area contributed by atoms with Crippen LogP contribution in [0.4, 0.5) is 0 Å². The second-order valence-electron chi connectivity index (χ2n) is 6.21. The van der Waals surface area contributed by atoms with Crippen LogP contribution in [0.25, 0.3) is 0 Å². The second-order valence-corrected chi connectivity index (χ2v) is 6.21. The Kier molecular flexibility index (Phi) is 7.91. The van der Waals surface area contributed by atoms with E-state index >= 15 is 0 Å². The molecule has 0 radical (unpaired) electrons. The highest BCUT2D eigenvalue weighted by Gasteiger charge is 2.13. The van der Waals surface area contributed by atoms with Gasteiger partial charge in [-0.1, -0.05) is 26.0 Å². The Hall–Kier alpha value is -2.57. The maximum absolute atomic E-state index is 11.7. The van der Waals surface area contributed by atoms with E-state index < -0.39 is 18.5 Å². The zero-order valence-electron chi connectivity index (χ0n) is 15.4. The van der Waals surface area contributed by atoms with Gasteiger partial charge in [-0.15, -0.1) is 0 Å². The maximum Gasteiger partial charge on any atom is 0.344 e. The Labute approximate surface area is 148 Å². The summed E-state index contributed by atoms with van der Waals surface area (Å²) in [5.41, 5.74) is 2.02. The van der Waals surface area contributed by atoms with Crippen LogP contribution in [0.2, 0.25) is 0 Å². The summed E-state index contributed by atoms with van der Waals surface area (Å²) in [5, 5.41) is 2.38. The number of nitrogens with zero attached hydrogens (tertiary/aromatic N) is 1. The van der Waals surface area contributed by atoms with Crippen molar-refractivity contribution in [3.8, 4) is 5.75 Å². The number of esters is 1. The number of amides is 2. The molecule has 1 aromatic rings. The summed E-state index contributed by atoms with van der Waals surface area (Å²) < 4.78 is 10.4. The van der Waals surface area contributed by atoms with Gasteiger partial charge in [-0.25, -0.2) is 4.79 Å². The first-order valence-electron chi connectivity index (χ1n) is 8.06. The van der Waals surface area contributed by atoms with Gasteiger partial charge in [-0.05, 0) is 30.0 Å². The molecular formula is C18H26N2O5. The summed E-state index contributed by atoms with van der Waals surface area (Å²) >= 11 is 0. The zero-order chi connectivity index (χ0) is 19.0. The van der Waals surface area contributed by atoms with Crippen LogP contribution in [0, 0.1) is 6.92 Å². The minimum Gasteiger partial charge on any atom is -0.482 e. The Balaban J connectivity index is 2.42. The van der Waals surface area contributed by atoms with Crippen molar-refractivity contribution in [3.05, 3.63) is 29.3 Å². The summed E-state index contributed by atoms with van der Waals surface area (Å²) in [6.07, 6.45) is 0. The molecule has 0 atom stereocenters. The molecule has 0 aliphatic heterocycles. The van der Waals surface area contributed by atoms with Crippen LogP contribution >= 0.6 is 0 Å². The number of nitrogens with one attached hydrogen (secondary N) is 1. The van der Waals surface area contributed by atoms with Crippen LogP contribution in [0.1, 0.15) is 30.9 Å². The highest BCUT2D eigenvalue weighted by atomic mass is 16.6. The number of carbonyl (C=O) groups is 3. The summed E-state index contributed by atoms with van der Waals surface area (Å²) in [6, 6.07) is 5.82. The van der Waals surface area contributed by atoms with E-state index in [-0.39, 0.29) is 25.0 Å². The normalized spacial score (nSPS) is 10.3. The highest BCUT2D eigenvalue weighted by Crippen LogP contribution is 2.27. The zero-order valence-corrected chi connectivity index (χ0v) is 15.4. The van der Waals surface area contributed by atoms with Crippen molar-refractivity contribution in [1.82, 2.24) is 10.2 Å². The van der Waals surface area contributed by atoms with E-state index in [1.807, 2.05) is 39.0 Å². The number of ether oxygens (including phenoxy) is 2. The Morgan fingerprint density at radius 2 is 1.84 bits per heavy atom. The summed E-state index contributed by atoms with van der Waals surface area (Å²) in [6.45, 7) is 5.14. The number of rotatable bonds is 8. The van der Waals surface area contributed by atoms with E-state index in [1.54, 1.807) is 14.1 Å². The molecule has 0 unspecified atom stereocenters. The predicted molar refractivity (Wildman–Crippen MR) is 93.4 cm³/mol. The molecule has 1 N–H and O–H groups in total. The molecule has 0 aromatic heterocycles. The fraction of sp³-hybridized carbons (Fsp3) is 0.500. The van der Waals surface area contributed by atoms with E-state index in [0.717, 1.165) is 11.1 Å². The van der Waals surface area contributed by atoms with E-state index in [9.17, 15) is 14.4 Å². The molecule has 0 saturated carbocycles. The van der Waals surface area contributed by atoms with Gasteiger partial charge in [0.15, 0.2) is 13.2 Å². The van der Waals surface area contributed by atoms with Gasteiger partial charge in [0.25, 0.3) is 5.91 Å². The van der Waals surface area contributed by atoms with Crippen LogP contribution in [-0.2, 0) is 19.1 Å². The molecular weight excluding hydrogens is 324 g/mol. The highest BCUT2D eigenvalue weighted by molar-refractivity contribution is 5.86. The molecule has 0 saturated heterocycles. The third-order valence-electron chi connectivity index (χ3n) is 3.44. The van der Waals surface area contributed by atoms with Gasteiger partial charge in [0.1, 0.15) is 5.75 Å². The number of benzene rings is 1. The van der Waals surface area contributed by atoms with Crippen molar-refractivity contribution < 1.29 is 23.9 Å². The van der Waals surface area contributed by atoms with Gasteiger partial charge in [-0.2, -0.15) is 0 Å². The summed E-state index contributed by atoms with van der Waals surface area (Å²) in [7, 11) is 3.17. The first kappa shape index (κ1) is 20.5. The van der Waals surface area contributed by atoms with Crippen LogP contribution < -0.4 is 10.1 Å². The minimum atomic E-state index is -0.648. The van der Waals surface area contributed by atoms with Gasteiger partial charge in [0.05, 0.1) is 6.54 Å². The Morgan fingerprint density at radius 1 is 1.16 bits per heavy atom. The van der Waals surface area contributed by atoms with Crippen LogP contribution in [0.5, 0.6) is 5.75 Å². The van der Waals surface area contributed by atoms with Gasteiger partial charge < -0.3 is 19.7 Å². The molecule has 0 heterocycles. The molecule has 0 bridgehead atoms. The predicted octanol–water partition coefficient (Wildman–Crippen LogP) is 1.24. The van der Waals surface area contributed by atoms with Crippen molar-refractivity contribution in [2.75, 3.05) is 33.9 Å². The van der Waals surface area contributed by atoms with Gasteiger partial charge in [0, 0.05) is 14.1 Å². The lowest BCUT2D eigenvalue weighted by atomic mass is 10.0. The Bertz CT molecular complexity index is 626. The molecule has 0 spiro atoms. The summed E-state index contributed by atoms with van der Waals surface area (Å²) in [4.78, 5) is 36.0. The molecule has 7 heteroatoms. The van der Waals surface area contributed by atoms with Crippen LogP contribution in [0.15, 0.2) is 18.2 Å². The largest absolute Gasteiger partial charge is 0.482 e. The molecule has 7 nitrogen and oxygen atoms in total. The number of hydrogen-bond donors (Lipinski definition) is 1. The first-order chi connectivity index (χ1) is 11.7. The molecule has 0 aliphatic carbocycles. The number of likely N-dealkylation sites (N-methyl/N-ethyl adjacent to an activating group) is 1. The molecule has 0 aliphatic rings. The minimum absolute atomic E-state index is 0.138. The average Bonchev–Trinajstić information content (AvgIpc) is 2.55. The van der Waals surface area contributed by atoms with Crippen molar-refractivity contribution in [2.24, 2.45) is 0 Å². The second kappa shape index (κ2) is 9.66.